The van der Waals surface area contributed by atoms with E-state index in [2.05, 4.69) is 0 Å². The number of aliphatic hydroxyl groups is 2. The highest BCUT2D eigenvalue weighted by atomic mass is 31.2. The van der Waals surface area contributed by atoms with Crippen molar-refractivity contribution < 1.29 is 24.6 Å². The lowest BCUT2D eigenvalue weighted by atomic mass is 10.9. The molecule has 0 heterocycles. The van der Waals surface area contributed by atoms with Crippen LogP contribution in [0.2, 0.25) is 0 Å². The van der Waals surface area contributed by atoms with E-state index in [0.29, 0.717) is 0 Å². The molecule has 0 aliphatic heterocycles. The van der Waals surface area contributed by atoms with Gasteiger partial charge in [0.2, 0.25) is 0 Å². The summed E-state index contributed by atoms with van der Waals surface area (Å²) < 4.78 is 10.2. The Morgan fingerprint density at radius 1 is 1.20 bits per heavy atom. The number of hydrogen-bond acceptors (Lipinski definition) is 4. The van der Waals surface area contributed by atoms with Crippen molar-refractivity contribution >= 4 is 7.60 Å². The van der Waals surface area contributed by atoms with E-state index in [1.54, 1.807) is 0 Å². The molecule has 0 rings (SSSR count). The second kappa shape index (κ2) is 4.02. The van der Waals surface area contributed by atoms with E-state index in [1.807, 2.05) is 0 Å². The molecule has 0 bridgehead atoms. The van der Waals surface area contributed by atoms with Crippen molar-refractivity contribution in [2.45, 2.75) is 0 Å². The Kier molecular flexibility index (Phi) is 4.04. The summed E-state index contributed by atoms with van der Waals surface area (Å²) >= 11 is 0. The molecule has 0 aromatic rings. The lowest BCUT2D eigenvalue weighted by Crippen LogP contribution is -2.26. The zero-order valence-corrected chi connectivity index (χ0v) is 6.11. The Morgan fingerprint density at radius 3 is 1.70 bits per heavy atom. The first-order valence-corrected chi connectivity index (χ1v) is 4.28. The molecule has 0 saturated carbocycles. The van der Waals surface area contributed by atoms with Gasteiger partial charge in [0, 0.05) is 0 Å². The lowest BCUT2D eigenvalue weighted by molar-refractivity contribution is 0.0398. The van der Waals surface area contributed by atoms with Crippen LogP contribution in [-0.2, 0) is 4.57 Å². The van der Waals surface area contributed by atoms with E-state index >= 15 is 0 Å². The zero-order valence-electron chi connectivity index (χ0n) is 5.21. The Labute approximate surface area is 57.9 Å². The molecule has 0 aliphatic carbocycles. The third-order valence-electron chi connectivity index (χ3n) is 0.784. The van der Waals surface area contributed by atoms with Gasteiger partial charge in [-0.05, 0) is 0 Å². The van der Waals surface area contributed by atoms with Crippen molar-refractivity contribution in [1.82, 2.24) is 4.90 Å². The summed E-state index contributed by atoms with van der Waals surface area (Å²) in [4.78, 5) is 17.4. The maximum Gasteiger partial charge on any atom is 0.339 e. The van der Waals surface area contributed by atoms with Crippen molar-refractivity contribution in [3.05, 3.63) is 0 Å². The van der Waals surface area contributed by atoms with E-state index < -0.39 is 27.3 Å². The van der Waals surface area contributed by atoms with Crippen LogP contribution in [0.5, 0.6) is 0 Å². The summed E-state index contributed by atoms with van der Waals surface area (Å²) in [6.07, 6.45) is -0.625. The van der Waals surface area contributed by atoms with Crippen LogP contribution in [0.3, 0.4) is 0 Å². The van der Waals surface area contributed by atoms with Gasteiger partial charge in [-0.15, -0.1) is 0 Å². The number of nitrogens with zero attached hydrogens (tertiary/aromatic N) is 1. The van der Waals surface area contributed by atoms with Crippen molar-refractivity contribution in [2.75, 3.05) is 19.7 Å². The van der Waals surface area contributed by atoms with E-state index in [4.69, 9.17) is 20.0 Å². The third-order valence-corrected chi connectivity index (χ3v) is 1.55. The summed E-state index contributed by atoms with van der Waals surface area (Å²) in [5, 5.41) is 16.6. The molecular formula is C3H10NO5P. The van der Waals surface area contributed by atoms with Gasteiger partial charge in [0.15, 0.2) is 0 Å². The van der Waals surface area contributed by atoms with Crippen LogP contribution in [0.4, 0.5) is 0 Å². The third kappa shape index (κ3) is 4.87. The minimum Gasteiger partial charge on any atom is -0.381 e. The van der Waals surface area contributed by atoms with Crippen molar-refractivity contribution in [3.63, 3.8) is 0 Å². The average molecular weight is 171 g/mol. The van der Waals surface area contributed by atoms with Crippen molar-refractivity contribution in [2.24, 2.45) is 0 Å². The Hall–Kier alpha value is 0.0300. The smallest absolute Gasteiger partial charge is 0.339 e. The summed E-state index contributed by atoms with van der Waals surface area (Å²) in [5.41, 5.74) is 0. The monoisotopic (exact) mass is 171 g/mol. The Bertz CT molecular complexity index is 129. The van der Waals surface area contributed by atoms with Gasteiger partial charge in [-0.25, -0.2) is 4.90 Å². The molecule has 0 aromatic heterocycles. The molecule has 0 atom stereocenters. The highest BCUT2D eigenvalue weighted by Gasteiger charge is 2.17. The highest BCUT2D eigenvalue weighted by Crippen LogP contribution is 2.34. The summed E-state index contributed by atoms with van der Waals surface area (Å²) in [6, 6.07) is 0. The van der Waals surface area contributed by atoms with Gasteiger partial charge in [-0.2, -0.15) is 0 Å². The fraction of sp³-hybridized carbons (Fsp3) is 1.00. The fourth-order valence-electron chi connectivity index (χ4n) is 0.395. The summed E-state index contributed by atoms with van der Waals surface area (Å²) in [6.45, 7) is -1.14. The average Bonchev–Trinajstić information content (AvgIpc) is 1.81. The predicted octanol–water partition coefficient (Wildman–Crippen LogP) is -1.68. The van der Waals surface area contributed by atoms with Gasteiger partial charge in [0.25, 0.3) is 0 Å². The fourth-order valence-corrected chi connectivity index (χ4v) is 1.09. The number of aliphatic hydroxyl groups excluding tert-OH is 2. The van der Waals surface area contributed by atoms with Crippen LogP contribution in [-0.4, -0.2) is 44.6 Å². The molecule has 0 radical (unpaired) electrons. The minimum atomic E-state index is -4.15. The molecule has 0 aliphatic rings. The molecule has 0 amide bonds. The molecule has 62 valence electrons. The predicted molar refractivity (Wildman–Crippen MR) is 32.9 cm³/mol. The first kappa shape index (κ1) is 10.0. The van der Waals surface area contributed by atoms with E-state index in [-0.39, 0.29) is 0 Å². The standard InChI is InChI=1S/C3H10NO5P/c5-1-4(2-6)3-10(7,8)9/h5-6H,1-3H2,(H2,7,8,9). The molecule has 0 aromatic carbocycles. The van der Waals surface area contributed by atoms with Crippen LogP contribution in [0.25, 0.3) is 0 Å². The minimum absolute atomic E-state index is 0.568. The van der Waals surface area contributed by atoms with Gasteiger partial charge in [-0.3, -0.25) is 4.57 Å². The quantitative estimate of drug-likeness (QED) is 0.298. The Balaban J connectivity index is 3.75. The van der Waals surface area contributed by atoms with E-state index in [9.17, 15) is 4.57 Å². The molecule has 6 nitrogen and oxygen atoms in total. The number of hydrogen-bond donors (Lipinski definition) is 4. The maximum atomic E-state index is 10.2. The van der Waals surface area contributed by atoms with Crippen LogP contribution in [0.1, 0.15) is 0 Å². The number of rotatable bonds is 4. The first-order chi connectivity index (χ1) is 4.49. The van der Waals surface area contributed by atoms with Crippen LogP contribution < -0.4 is 0 Å². The Morgan fingerprint density at radius 2 is 1.60 bits per heavy atom. The molecule has 4 N–H and O–H groups in total. The van der Waals surface area contributed by atoms with E-state index in [0.717, 1.165) is 4.90 Å². The van der Waals surface area contributed by atoms with E-state index in [1.165, 1.54) is 0 Å². The van der Waals surface area contributed by atoms with Gasteiger partial charge in [0.05, 0.1) is 13.5 Å². The topological polar surface area (TPSA) is 101 Å². The second-order valence-electron chi connectivity index (χ2n) is 1.76. The van der Waals surface area contributed by atoms with Crippen molar-refractivity contribution in [1.29, 1.82) is 0 Å². The van der Waals surface area contributed by atoms with Crippen LogP contribution in [0, 0.1) is 0 Å². The summed E-state index contributed by atoms with van der Waals surface area (Å²) in [7, 11) is -4.15. The molecule has 7 heteroatoms. The molecule has 10 heavy (non-hydrogen) atoms. The molecule has 0 spiro atoms. The summed E-state index contributed by atoms with van der Waals surface area (Å²) in [5.74, 6) is 0. The van der Waals surface area contributed by atoms with Gasteiger partial charge >= 0.3 is 7.60 Å². The van der Waals surface area contributed by atoms with Gasteiger partial charge < -0.3 is 20.0 Å². The molecule has 0 fully saturated rings. The zero-order chi connectivity index (χ0) is 8.20. The largest absolute Gasteiger partial charge is 0.381 e. The molecular weight excluding hydrogens is 161 g/mol. The molecule has 0 unspecified atom stereocenters. The first-order valence-electron chi connectivity index (χ1n) is 2.48. The normalized spacial score (nSPS) is 12.5. The van der Waals surface area contributed by atoms with Gasteiger partial charge in [-0.1, -0.05) is 0 Å². The lowest BCUT2D eigenvalue weighted by Gasteiger charge is -2.15. The molecule has 0 saturated heterocycles. The maximum absolute atomic E-state index is 10.2. The SMILES string of the molecule is O=P(O)(O)CN(CO)CO. The van der Waals surface area contributed by atoms with Crippen molar-refractivity contribution in [3.8, 4) is 0 Å². The second-order valence-corrected chi connectivity index (χ2v) is 3.37. The van der Waals surface area contributed by atoms with Crippen LogP contribution >= 0.6 is 7.60 Å². The van der Waals surface area contributed by atoms with Crippen LogP contribution in [0.15, 0.2) is 0 Å². The highest BCUT2D eigenvalue weighted by molar-refractivity contribution is 7.51. The van der Waals surface area contributed by atoms with Gasteiger partial charge in [0.1, 0.15) is 6.29 Å².